The third-order valence-electron chi connectivity index (χ3n) is 3.06. The maximum Gasteiger partial charge on any atom is 0.255 e. The molecule has 2 aromatic carbocycles. The van der Waals surface area contributed by atoms with Gasteiger partial charge in [0, 0.05) is 5.02 Å². The normalized spacial score (nSPS) is 16.2. The summed E-state index contributed by atoms with van der Waals surface area (Å²) in [6.07, 6.45) is 1.23. The molecule has 20 heavy (non-hydrogen) atoms. The lowest BCUT2D eigenvalue weighted by Crippen LogP contribution is -2.28. The van der Waals surface area contributed by atoms with Gasteiger partial charge in [-0.2, -0.15) is 0 Å². The minimum Gasteiger partial charge on any atom is -0.275 e. The summed E-state index contributed by atoms with van der Waals surface area (Å²) in [5.74, 6) is -0.280. The molecule has 3 nitrogen and oxygen atoms in total. The van der Waals surface area contributed by atoms with E-state index in [0.717, 1.165) is 0 Å². The fraction of sp³-hybridized carbons (Fsp3) is 0. The van der Waals surface area contributed by atoms with Crippen LogP contribution in [0.15, 0.2) is 64.9 Å². The monoisotopic (exact) mass is 303 g/mol. The second-order valence-corrected chi connectivity index (χ2v) is 6.08. The number of nitrogens with zero attached hydrogens (tertiary/aromatic N) is 1. The highest BCUT2D eigenvalue weighted by Gasteiger charge is 2.30. The molecule has 0 saturated heterocycles. The second kappa shape index (κ2) is 4.89. The number of fused-ring (bicyclic) bond motifs is 2. The zero-order valence-electron chi connectivity index (χ0n) is 10.4. The van der Waals surface area contributed by atoms with Crippen molar-refractivity contribution in [2.24, 2.45) is 0 Å². The lowest BCUT2D eigenvalue weighted by Gasteiger charge is -2.30. The first-order valence-electron chi connectivity index (χ1n) is 5.90. The number of halogens is 1. The highest BCUT2D eigenvalue weighted by Crippen LogP contribution is 2.42. The third-order valence-corrected chi connectivity index (χ3v) is 4.79. The predicted molar refractivity (Wildman–Crippen MR) is 79.9 cm³/mol. The van der Waals surface area contributed by atoms with Crippen LogP contribution in [0, 0.1) is 0 Å². The topological polar surface area (TPSA) is 37.4 Å². The zero-order chi connectivity index (χ0) is 14.3. The zero-order valence-corrected chi connectivity index (χ0v) is 11.9. The summed E-state index contributed by atoms with van der Waals surface area (Å²) in [6.45, 7) is 3.52. The minimum atomic E-state index is -1.32. The van der Waals surface area contributed by atoms with E-state index in [1.54, 1.807) is 42.5 Å². The summed E-state index contributed by atoms with van der Waals surface area (Å²) in [5, 5.41) is 0.488. The number of para-hydroxylation sites is 1. The van der Waals surface area contributed by atoms with Gasteiger partial charge in [0.15, 0.2) is 0 Å². The van der Waals surface area contributed by atoms with Crippen LogP contribution in [0.25, 0.3) is 0 Å². The molecule has 0 fully saturated rings. The molecule has 5 heteroatoms. The molecule has 0 bridgehead atoms. The van der Waals surface area contributed by atoms with Crippen molar-refractivity contribution < 1.29 is 9.00 Å². The van der Waals surface area contributed by atoms with Gasteiger partial charge in [-0.1, -0.05) is 30.3 Å². The van der Waals surface area contributed by atoms with E-state index < -0.39 is 10.8 Å². The van der Waals surface area contributed by atoms with Crippen molar-refractivity contribution in [2.45, 2.75) is 9.79 Å². The molecule has 0 spiro atoms. The average molecular weight is 304 g/mol. The predicted octanol–water partition coefficient (Wildman–Crippen LogP) is 3.67. The van der Waals surface area contributed by atoms with E-state index in [2.05, 4.69) is 6.58 Å². The summed E-state index contributed by atoms with van der Waals surface area (Å²) in [7, 11) is -1.32. The largest absolute Gasteiger partial charge is 0.275 e. The van der Waals surface area contributed by atoms with Crippen molar-refractivity contribution in [3.05, 3.63) is 60.1 Å². The maximum absolute atomic E-state index is 12.6. The summed E-state index contributed by atoms with van der Waals surface area (Å²) < 4.78 is 12.6. The Bertz CT molecular complexity index is 757. The Balaban J connectivity index is 2.33. The van der Waals surface area contributed by atoms with Gasteiger partial charge in [-0.25, -0.2) is 4.21 Å². The van der Waals surface area contributed by atoms with E-state index in [1.807, 2.05) is 0 Å². The van der Waals surface area contributed by atoms with Crippen molar-refractivity contribution >= 4 is 39.7 Å². The molecule has 1 heterocycles. The summed E-state index contributed by atoms with van der Waals surface area (Å²) in [4.78, 5) is 14.8. The van der Waals surface area contributed by atoms with Crippen LogP contribution in [-0.4, -0.2) is 10.1 Å². The Morgan fingerprint density at radius 2 is 1.85 bits per heavy atom. The van der Waals surface area contributed by atoms with Crippen molar-refractivity contribution in [1.82, 2.24) is 0 Å². The van der Waals surface area contributed by atoms with Crippen LogP contribution < -0.4 is 4.90 Å². The second-order valence-electron chi connectivity index (χ2n) is 4.23. The molecule has 1 aliphatic heterocycles. The molecule has 2 aromatic rings. The first-order valence-corrected chi connectivity index (χ1v) is 7.43. The molecule has 1 aliphatic rings. The molecular formula is C15H10ClNO2S. The first kappa shape index (κ1) is 13.1. The number of hydrogen-bond donors (Lipinski definition) is 0. The van der Waals surface area contributed by atoms with E-state index >= 15 is 0 Å². The van der Waals surface area contributed by atoms with Gasteiger partial charge in [0.05, 0.1) is 32.0 Å². The summed E-state index contributed by atoms with van der Waals surface area (Å²) in [6, 6.07) is 12.1. The molecule has 1 amide bonds. The molecule has 0 N–H and O–H groups in total. The van der Waals surface area contributed by atoms with Crippen molar-refractivity contribution in [2.75, 3.05) is 4.90 Å². The summed E-state index contributed by atoms with van der Waals surface area (Å²) in [5.41, 5.74) is 1.14. The number of carbonyl (C=O) groups is 1. The van der Waals surface area contributed by atoms with Gasteiger partial charge >= 0.3 is 0 Å². The fourth-order valence-corrected chi connectivity index (χ4v) is 3.68. The van der Waals surface area contributed by atoms with Gasteiger partial charge in [0.2, 0.25) is 0 Å². The Morgan fingerprint density at radius 1 is 1.15 bits per heavy atom. The van der Waals surface area contributed by atoms with Crippen LogP contribution in [0.1, 0.15) is 0 Å². The maximum atomic E-state index is 12.6. The Kier molecular flexibility index (Phi) is 3.20. The van der Waals surface area contributed by atoms with E-state index in [-0.39, 0.29) is 5.91 Å². The van der Waals surface area contributed by atoms with Crippen molar-refractivity contribution in [3.8, 4) is 0 Å². The minimum absolute atomic E-state index is 0.280. The molecule has 1 atom stereocenters. The third kappa shape index (κ3) is 1.88. The van der Waals surface area contributed by atoms with Crippen LogP contribution in [-0.2, 0) is 15.6 Å². The molecule has 0 aliphatic carbocycles. The van der Waals surface area contributed by atoms with Crippen LogP contribution >= 0.6 is 11.6 Å². The van der Waals surface area contributed by atoms with Crippen LogP contribution in [0.4, 0.5) is 11.4 Å². The molecule has 1 unspecified atom stereocenters. The van der Waals surface area contributed by atoms with Crippen molar-refractivity contribution in [3.63, 3.8) is 0 Å². The standard InChI is InChI=1S/C15H10ClNO2S/c1-2-15(18)17-11-5-3-4-6-13(11)20(19)14-8-7-10(16)9-12(14)17/h2-9H,1H2. The van der Waals surface area contributed by atoms with Crippen LogP contribution in [0.5, 0.6) is 0 Å². The van der Waals surface area contributed by atoms with Gasteiger partial charge in [-0.3, -0.25) is 9.69 Å². The van der Waals surface area contributed by atoms with Gasteiger partial charge < -0.3 is 0 Å². The van der Waals surface area contributed by atoms with Crippen molar-refractivity contribution in [1.29, 1.82) is 0 Å². The molecule has 3 rings (SSSR count). The van der Waals surface area contributed by atoms with Gasteiger partial charge in [0.1, 0.15) is 0 Å². The number of benzene rings is 2. The number of carbonyl (C=O) groups excluding carboxylic acids is 1. The van der Waals surface area contributed by atoms with Gasteiger partial charge in [-0.05, 0) is 36.4 Å². The quantitative estimate of drug-likeness (QED) is 0.754. The lowest BCUT2D eigenvalue weighted by molar-refractivity contribution is -0.113. The number of rotatable bonds is 1. The number of anilines is 2. The van der Waals surface area contributed by atoms with Gasteiger partial charge in [-0.15, -0.1) is 0 Å². The Labute approximate surface area is 123 Å². The molecule has 0 radical (unpaired) electrons. The number of amides is 1. The van der Waals surface area contributed by atoms with E-state index in [0.29, 0.717) is 26.2 Å². The van der Waals surface area contributed by atoms with E-state index in [1.165, 1.54) is 11.0 Å². The van der Waals surface area contributed by atoms with Gasteiger partial charge in [0.25, 0.3) is 5.91 Å². The molecule has 0 saturated carbocycles. The fourth-order valence-electron chi connectivity index (χ4n) is 2.20. The SMILES string of the molecule is C=CC(=O)N1c2ccccc2S(=O)c2ccc(Cl)cc21. The number of hydrogen-bond acceptors (Lipinski definition) is 2. The van der Waals surface area contributed by atoms with Crippen LogP contribution in [0.2, 0.25) is 5.02 Å². The smallest absolute Gasteiger partial charge is 0.255 e. The molecule has 100 valence electrons. The Hall–Kier alpha value is -1.91. The highest BCUT2D eigenvalue weighted by molar-refractivity contribution is 7.85. The summed E-state index contributed by atoms with van der Waals surface area (Å²) >= 11 is 6.00. The van der Waals surface area contributed by atoms with Crippen LogP contribution in [0.3, 0.4) is 0 Å². The Morgan fingerprint density at radius 3 is 2.60 bits per heavy atom. The average Bonchev–Trinajstić information content (AvgIpc) is 2.47. The van der Waals surface area contributed by atoms with E-state index in [9.17, 15) is 9.00 Å². The molecular weight excluding hydrogens is 294 g/mol. The molecule has 0 aromatic heterocycles. The first-order chi connectivity index (χ1) is 9.63. The van der Waals surface area contributed by atoms with E-state index in [4.69, 9.17) is 11.6 Å². The highest BCUT2D eigenvalue weighted by atomic mass is 35.5. The lowest BCUT2D eigenvalue weighted by atomic mass is 10.2.